The van der Waals surface area contributed by atoms with Gasteiger partial charge in [0.25, 0.3) is 0 Å². The van der Waals surface area contributed by atoms with E-state index in [4.69, 9.17) is 0 Å². The van der Waals surface area contributed by atoms with E-state index in [-0.39, 0.29) is 0 Å². The number of hydrogen-bond acceptors (Lipinski definition) is 4. The Balaban J connectivity index is 2.24. The lowest BCUT2D eigenvalue weighted by Crippen LogP contribution is -2.07. The zero-order chi connectivity index (χ0) is 15.0. The van der Waals surface area contributed by atoms with Crippen molar-refractivity contribution < 1.29 is 4.55 Å². The average molecular weight is 300 g/mol. The maximum absolute atomic E-state index is 12.2. The van der Waals surface area contributed by atoms with Gasteiger partial charge < -0.3 is 9.12 Å². The number of aromatic nitrogens is 4. The van der Waals surface area contributed by atoms with Crippen LogP contribution in [-0.2, 0) is 18.2 Å². The third-order valence-electron chi connectivity index (χ3n) is 3.38. The number of pyridine rings is 2. The minimum absolute atomic E-state index is 0.556. The predicted octanol–water partition coefficient (Wildman–Crippen LogP) is 2.47. The first-order chi connectivity index (χ1) is 10.1. The molecule has 0 aromatic carbocycles. The summed E-state index contributed by atoms with van der Waals surface area (Å²) in [6.07, 6.45) is 5.18. The van der Waals surface area contributed by atoms with Crippen LogP contribution < -0.4 is 0 Å². The van der Waals surface area contributed by atoms with Crippen molar-refractivity contribution in [1.29, 1.82) is 0 Å². The molecule has 21 heavy (non-hydrogen) atoms. The first kappa shape index (κ1) is 14.0. The molecule has 0 radical (unpaired) electrons. The number of fused-ring (bicyclic) bond motifs is 1. The Labute approximate surface area is 126 Å². The molecule has 3 rings (SSSR count). The monoisotopic (exact) mass is 300 g/mol. The molecular weight excluding hydrogens is 284 g/mol. The molecule has 0 saturated heterocycles. The first-order valence-corrected chi connectivity index (χ1v) is 8.05. The Morgan fingerprint density at radius 1 is 1.33 bits per heavy atom. The van der Waals surface area contributed by atoms with Crippen LogP contribution in [0.25, 0.3) is 22.6 Å². The lowest BCUT2D eigenvalue weighted by Gasteiger charge is -2.11. The van der Waals surface area contributed by atoms with Crippen LogP contribution in [0, 0.1) is 6.92 Å². The number of rotatable bonds is 3. The molecule has 6 heteroatoms. The first-order valence-electron chi connectivity index (χ1n) is 6.73. The second-order valence-electron chi connectivity index (χ2n) is 4.86. The number of hydrogen-bond donors (Lipinski definition) is 0. The fraction of sp³-hybridized carbons (Fsp3) is 0.267. The van der Waals surface area contributed by atoms with Crippen LogP contribution in [0.5, 0.6) is 0 Å². The van der Waals surface area contributed by atoms with Gasteiger partial charge in [-0.15, -0.1) is 0 Å². The summed E-state index contributed by atoms with van der Waals surface area (Å²) in [5.74, 6) is 1.32. The Morgan fingerprint density at radius 2 is 2.14 bits per heavy atom. The van der Waals surface area contributed by atoms with Crippen molar-refractivity contribution in [1.82, 2.24) is 19.5 Å². The summed E-state index contributed by atoms with van der Waals surface area (Å²) in [7, 11) is 1.92. The molecule has 3 aromatic heterocycles. The molecule has 0 amide bonds. The number of nitrogens with zero attached hydrogens (tertiary/aromatic N) is 4. The van der Waals surface area contributed by atoms with Crippen LogP contribution in [0.3, 0.4) is 0 Å². The van der Waals surface area contributed by atoms with Gasteiger partial charge in [0, 0.05) is 19.4 Å². The number of aryl methyl sites for hydroxylation is 2. The van der Waals surface area contributed by atoms with E-state index in [1.165, 1.54) is 0 Å². The van der Waals surface area contributed by atoms with Crippen LogP contribution >= 0.6 is 0 Å². The van der Waals surface area contributed by atoms with Gasteiger partial charge in [-0.2, -0.15) is 0 Å². The Morgan fingerprint density at radius 3 is 2.90 bits per heavy atom. The summed E-state index contributed by atoms with van der Waals surface area (Å²) < 4.78 is 14.1. The molecule has 0 aliphatic heterocycles. The van der Waals surface area contributed by atoms with Gasteiger partial charge in [0.05, 0.1) is 11.8 Å². The molecule has 0 saturated carbocycles. The van der Waals surface area contributed by atoms with Crippen molar-refractivity contribution in [3.63, 3.8) is 0 Å². The molecule has 0 fully saturated rings. The molecule has 1 unspecified atom stereocenters. The summed E-state index contributed by atoms with van der Waals surface area (Å²) in [4.78, 5) is 13.9. The van der Waals surface area contributed by atoms with Crippen molar-refractivity contribution in [3.8, 4) is 11.4 Å². The molecular formula is C15H16N4OS. The standard InChI is InChI=1S/C15H16N4OS/c1-4-21(20)13-9-16-6-5-11(13)14-18-12-7-10(2)8-17-15(12)19(14)3/h5-9H,4H2,1-3H3. The molecule has 0 spiro atoms. The highest BCUT2D eigenvalue weighted by molar-refractivity contribution is 7.91. The Kier molecular flexibility index (Phi) is 3.65. The largest absolute Gasteiger partial charge is 0.611 e. The third kappa shape index (κ3) is 2.41. The van der Waals surface area contributed by atoms with Crippen LogP contribution in [0.15, 0.2) is 35.6 Å². The van der Waals surface area contributed by atoms with Crippen LogP contribution in [0.4, 0.5) is 0 Å². The van der Waals surface area contributed by atoms with E-state index in [9.17, 15) is 4.55 Å². The van der Waals surface area contributed by atoms with E-state index in [1.54, 1.807) is 12.4 Å². The minimum Gasteiger partial charge on any atom is -0.611 e. The van der Waals surface area contributed by atoms with Crippen LogP contribution in [0.2, 0.25) is 0 Å². The molecule has 0 bridgehead atoms. The molecule has 0 aliphatic carbocycles. The molecule has 0 aliphatic rings. The molecule has 0 N–H and O–H groups in total. The van der Waals surface area contributed by atoms with E-state index >= 15 is 0 Å². The van der Waals surface area contributed by atoms with Gasteiger partial charge in [0.2, 0.25) is 0 Å². The molecule has 1 atom stereocenters. The van der Waals surface area contributed by atoms with E-state index in [2.05, 4.69) is 15.0 Å². The van der Waals surface area contributed by atoms with Crippen LogP contribution in [-0.4, -0.2) is 29.8 Å². The summed E-state index contributed by atoms with van der Waals surface area (Å²) in [5.41, 5.74) is 3.58. The number of imidazole rings is 1. The fourth-order valence-corrected chi connectivity index (χ4v) is 3.21. The lowest BCUT2D eigenvalue weighted by atomic mass is 10.2. The normalized spacial score (nSPS) is 12.8. The Hall–Kier alpha value is -1.92. The molecule has 3 heterocycles. The van der Waals surface area contributed by atoms with E-state index < -0.39 is 11.2 Å². The summed E-state index contributed by atoms with van der Waals surface area (Å²) in [5, 5.41) is 0. The van der Waals surface area contributed by atoms with Gasteiger partial charge in [0.15, 0.2) is 10.5 Å². The smallest absolute Gasteiger partial charge is 0.181 e. The Bertz CT molecular complexity index is 799. The van der Waals surface area contributed by atoms with Gasteiger partial charge in [-0.25, -0.2) is 9.97 Å². The second-order valence-corrected chi connectivity index (χ2v) is 6.56. The molecule has 5 nitrogen and oxygen atoms in total. The average Bonchev–Trinajstić information content (AvgIpc) is 2.82. The van der Waals surface area contributed by atoms with Gasteiger partial charge in [-0.05, 0) is 42.7 Å². The van der Waals surface area contributed by atoms with Gasteiger partial charge in [0.1, 0.15) is 17.1 Å². The zero-order valence-corrected chi connectivity index (χ0v) is 13.0. The van der Waals surface area contributed by atoms with Crippen LogP contribution in [0.1, 0.15) is 12.5 Å². The summed E-state index contributed by atoms with van der Waals surface area (Å²) in [6, 6.07) is 3.86. The second kappa shape index (κ2) is 5.46. The van der Waals surface area contributed by atoms with Crippen molar-refractivity contribution in [2.75, 3.05) is 5.75 Å². The summed E-state index contributed by atoms with van der Waals surface area (Å²) in [6.45, 7) is 3.89. The van der Waals surface area contributed by atoms with Crippen molar-refractivity contribution in [2.45, 2.75) is 18.7 Å². The topological polar surface area (TPSA) is 66.7 Å². The highest BCUT2D eigenvalue weighted by Gasteiger charge is 2.20. The van der Waals surface area contributed by atoms with Crippen molar-refractivity contribution in [3.05, 3.63) is 36.3 Å². The summed E-state index contributed by atoms with van der Waals surface area (Å²) >= 11 is -1.07. The van der Waals surface area contributed by atoms with Gasteiger partial charge in [-0.3, -0.25) is 4.98 Å². The zero-order valence-electron chi connectivity index (χ0n) is 12.2. The highest BCUT2D eigenvalue weighted by atomic mass is 32.2. The minimum atomic E-state index is -1.07. The van der Waals surface area contributed by atoms with E-state index in [1.807, 2.05) is 43.8 Å². The fourth-order valence-electron chi connectivity index (χ4n) is 2.32. The molecule has 3 aromatic rings. The van der Waals surface area contributed by atoms with Crippen molar-refractivity contribution >= 4 is 22.3 Å². The van der Waals surface area contributed by atoms with Gasteiger partial charge in [-0.1, -0.05) is 0 Å². The molecule has 108 valence electrons. The lowest BCUT2D eigenvalue weighted by molar-refractivity contribution is 0.596. The van der Waals surface area contributed by atoms with E-state index in [0.717, 1.165) is 33.0 Å². The predicted molar refractivity (Wildman–Crippen MR) is 83.4 cm³/mol. The maximum Gasteiger partial charge on any atom is 0.181 e. The SMILES string of the molecule is CC[S+]([O-])c1cnccc1-c1nc2cc(C)cnc2n1C. The van der Waals surface area contributed by atoms with Crippen molar-refractivity contribution in [2.24, 2.45) is 7.05 Å². The van der Waals surface area contributed by atoms with Gasteiger partial charge >= 0.3 is 0 Å². The quantitative estimate of drug-likeness (QED) is 0.697. The maximum atomic E-state index is 12.2. The highest BCUT2D eigenvalue weighted by Crippen LogP contribution is 2.28. The third-order valence-corrected chi connectivity index (χ3v) is 4.72. The van der Waals surface area contributed by atoms with E-state index in [0.29, 0.717) is 5.75 Å².